The molecule has 1 aliphatic rings. The summed E-state index contributed by atoms with van der Waals surface area (Å²) in [5, 5.41) is 12.4. The topological polar surface area (TPSA) is 34.3 Å². The van der Waals surface area contributed by atoms with E-state index >= 15 is 0 Å². The van der Waals surface area contributed by atoms with Gasteiger partial charge in [-0.15, -0.1) is 0 Å². The van der Waals surface area contributed by atoms with Gasteiger partial charge in [0.25, 0.3) is 0 Å². The van der Waals surface area contributed by atoms with E-state index in [9.17, 15) is 0 Å². The van der Waals surface area contributed by atoms with Crippen molar-refractivity contribution in [1.82, 2.24) is 5.32 Å². The summed E-state index contributed by atoms with van der Waals surface area (Å²) < 4.78 is 0. The number of allylic oxidation sites excluding steroid dienone is 1. The molecule has 0 amide bonds. The molecule has 1 heterocycles. The maximum atomic E-state index is 8.62. The fourth-order valence-corrected chi connectivity index (χ4v) is 0.404. The van der Waals surface area contributed by atoms with E-state index in [1.165, 1.54) is 0 Å². The monoisotopic (exact) mass is 96.0 g/mol. The lowest BCUT2D eigenvalue weighted by Gasteiger charge is -1.96. The predicted octanol–water partition coefficient (Wildman–Crippen LogP) is 0.560. The Labute approximate surface area is 42.2 Å². The molecule has 0 fully saturated rings. The van der Waals surface area contributed by atoms with Crippen LogP contribution in [0.1, 0.15) is 0 Å². The molecule has 0 aromatic rings. The molecular formula is C5H6NO. The van der Waals surface area contributed by atoms with E-state index in [4.69, 9.17) is 5.11 Å². The number of hydrogen-bond acceptors (Lipinski definition) is 1. The predicted molar refractivity (Wildman–Crippen MR) is 26.9 cm³/mol. The minimum atomic E-state index is 0.315. The van der Waals surface area contributed by atoms with Crippen LogP contribution < -0.4 is 5.32 Å². The Morgan fingerprint density at radius 1 is 1.71 bits per heavy atom. The highest BCUT2D eigenvalue weighted by Crippen LogP contribution is 1.93. The van der Waals surface area contributed by atoms with Crippen LogP contribution in [0.5, 0.6) is 0 Å². The average Bonchev–Trinajstić information content (AvgIpc) is 1.69. The third kappa shape index (κ3) is 0.961. The number of aliphatic hydroxyl groups excluding tert-OH is 1. The summed E-state index contributed by atoms with van der Waals surface area (Å²) in [4.78, 5) is 0. The molecule has 0 atom stereocenters. The van der Waals surface area contributed by atoms with Crippen molar-refractivity contribution in [1.29, 1.82) is 0 Å². The number of hydrogen-bond donors (Lipinski definition) is 1. The second kappa shape index (κ2) is 1.69. The first-order valence-corrected chi connectivity index (χ1v) is 2.12. The third-order valence-electron chi connectivity index (χ3n) is 0.757. The second-order valence-corrected chi connectivity index (χ2v) is 1.31. The Kier molecular flexibility index (Phi) is 1.02. The van der Waals surface area contributed by atoms with Crippen LogP contribution in [0.25, 0.3) is 0 Å². The van der Waals surface area contributed by atoms with Crippen molar-refractivity contribution in [2.24, 2.45) is 0 Å². The van der Waals surface area contributed by atoms with Gasteiger partial charge in [0.15, 0.2) is 0 Å². The Morgan fingerprint density at radius 3 is 2.86 bits per heavy atom. The van der Waals surface area contributed by atoms with E-state index in [0.29, 0.717) is 12.3 Å². The highest BCUT2D eigenvalue weighted by molar-refractivity contribution is 5.13. The fraction of sp³-hybridized carbons (Fsp3) is 0.200. The molecule has 0 unspecified atom stereocenters. The number of nitrogens with zero attached hydrogens (tertiary/aromatic N) is 1. The van der Waals surface area contributed by atoms with E-state index in [-0.39, 0.29) is 0 Å². The van der Waals surface area contributed by atoms with Crippen LogP contribution in [0, 0.1) is 0 Å². The zero-order valence-electron chi connectivity index (χ0n) is 3.83. The zero-order chi connectivity index (χ0) is 5.11. The number of aliphatic hydroxyl groups is 1. The Morgan fingerprint density at radius 2 is 2.57 bits per heavy atom. The summed E-state index contributed by atoms with van der Waals surface area (Å²) in [5.74, 6) is 0.315. The smallest absolute Gasteiger partial charge is 0.114 e. The van der Waals surface area contributed by atoms with Crippen LogP contribution in [0.2, 0.25) is 0 Å². The van der Waals surface area contributed by atoms with Gasteiger partial charge in [-0.3, -0.25) is 5.32 Å². The maximum absolute atomic E-state index is 8.62. The fourth-order valence-electron chi connectivity index (χ4n) is 0.404. The highest BCUT2D eigenvalue weighted by Gasteiger charge is 1.88. The minimum absolute atomic E-state index is 0.315. The van der Waals surface area contributed by atoms with Gasteiger partial charge in [-0.1, -0.05) is 0 Å². The molecule has 37 valence electrons. The molecule has 1 radical (unpaired) electrons. The molecule has 0 saturated heterocycles. The van der Waals surface area contributed by atoms with Crippen LogP contribution in [0.15, 0.2) is 24.1 Å². The zero-order valence-corrected chi connectivity index (χ0v) is 3.83. The molecule has 0 aliphatic carbocycles. The molecule has 2 nitrogen and oxygen atoms in total. The molecule has 1 aliphatic heterocycles. The Balaban J connectivity index is 2.58. The maximum Gasteiger partial charge on any atom is 0.114 e. The molecule has 0 aromatic carbocycles. The van der Waals surface area contributed by atoms with Gasteiger partial charge in [-0.05, 0) is 12.2 Å². The first-order chi connectivity index (χ1) is 3.39. The standard InChI is InChI=1S/C5H6NO/c7-5-1-3-6-4-2-5/h1-3,7H,4H2. The molecule has 0 spiro atoms. The van der Waals surface area contributed by atoms with Crippen molar-refractivity contribution in [3.05, 3.63) is 24.1 Å². The van der Waals surface area contributed by atoms with Crippen molar-refractivity contribution in [2.45, 2.75) is 0 Å². The summed E-state index contributed by atoms with van der Waals surface area (Å²) in [6.07, 6.45) is 4.80. The first-order valence-electron chi connectivity index (χ1n) is 2.12. The van der Waals surface area contributed by atoms with E-state index in [2.05, 4.69) is 5.32 Å². The van der Waals surface area contributed by atoms with E-state index in [1.807, 2.05) is 0 Å². The quantitative estimate of drug-likeness (QED) is 0.469. The van der Waals surface area contributed by atoms with Crippen molar-refractivity contribution in [3.63, 3.8) is 0 Å². The van der Waals surface area contributed by atoms with Crippen molar-refractivity contribution < 1.29 is 5.11 Å². The van der Waals surface area contributed by atoms with E-state index in [0.717, 1.165) is 0 Å². The Bertz CT molecular complexity index is 115. The van der Waals surface area contributed by atoms with Gasteiger partial charge < -0.3 is 5.11 Å². The van der Waals surface area contributed by atoms with Crippen LogP contribution in [0.3, 0.4) is 0 Å². The number of rotatable bonds is 0. The van der Waals surface area contributed by atoms with Gasteiger partial charge in [-0.25, -0.2) is 0 Å². The molecule has 2 heteroatoms. The first kappa shape index (κ1) is 4.24. The summed E-state index contributed by atoms with van der Waals surface area (Å²) in [6, 6.07) is 0. The molecule has 1 N–H and O–H groups in total. The van der Waals surface area contributed by atoms with Crippen LogP contribution in [0.4, 0.5) is 0 Å². The summed E-state index contributed by atoms with van der Waals surface area (Å²) in [7, 11) is 0. The lowest BCUT2D eigenvalue weighted by Crippen LogP contribution is -1.99. The molecule has 1 rings (SSSR count). The second-order valence-electron chi connectivity index (χ2n) is 1.31. The summed E-state index contributed by atoms with van der Waals surface area (Å²) in [5.41, 5.74) is 0. The van der Waals surface area contributed by atoms with Gasteiger partial charge in [0.2, 0.25) is 0 Å². The average molecular weight is 96.1 g/mol. The Hall–Kier alpha value is -0.920. The van der Waals surface area contributed by atoms with Gasteiger partial charge in [-0.2, -0.15) is 0 Å². The molecule has 0 bridgehead atoms. The van der Waals surface area contributed by atoms with Crippen LogP contribution in [-0.4, -0.2) is 11.7 Å². The lowest BCUT2D eigenvalue weighted by atomic mass is 10.4. The lowest BCUT2D eigenvalue weighted by molar-refractivity contribution is 0.426. The SMILES string of the molecule is OC1=CC[N]C=C1. The molecular weight excluding hydrogens is 90.1 g/mol. The van der Waals surface area contributed by atoms with Gasteiger partial charge >= 0.3 is 0 Å². The molecule has 0 saturated carbocycles. The normalized spacial score (nSPS) is 18.0. The molecule has 7 heavy (non-hydrogen) atoms. The highest BCUT2D eigenvalue weighted by atomic mass is 16.3. The summed E-state index contributed by atoms with van der Waals surface area (Å²) in [6.45, 7) is 0.613. The van der Waals surface area contributed by atoms with E-state index in [1.54, 1.807) is 18.4 Å². The van der Waals surface area contributed by atoms with Gasteiger partial charge in [0, 0.05) is 6.20 Å². The third-order valence-corrected chi connectivity index (χ3v) is 0.757. The summed E-state index contributed by atoms with van der Waals surface area (Å²) >= 11 is 0. The largest absolute Gasteiger partial charge is 0.508 e. The minimum Gasteiger partial charge on any atom is -0.508 e. The van der Waals surface area contributed by atoms with Gasteiger partial charge in [0.1, 0.15) is 5.76 Å². The van der Waals surface area contributed by atoms with Crippen LogP contribution in [-0.2, 0) is 0 Å². The van der Waals surface area contributed by atoms with Crippen LogP contribution >= 0.6 is 0 Å². The van der Waals surface area contributed by atoms with Crippen molar-refractivity contribution in [3.8, 4) is 0 Å². The molecule has 0 aromatic heterocycles. The van der Waals surface area contributed by atoms with Crippen molar-refractivity contribution >= 4 is 0 Å². The van der Waals surface area contributed by atoms with Crippen molar-refractivity contribution in [2.75, 3.05) is 6.54 Å². The van der Waals surface area contributed by atoms with Gasteiger partial charge in [0.05, 0.1) is 6.54 Å². The van der Waals surface area contributed by atoms with E-state index < -0.39 is 0 Å².